The lowest BCUT2D eigenvalue weighted by Crippen LogP contribution is -2.06. The van der Waals surface area contributed by atoms with Crippen molar-refractivity contribution in [1.82, 2.24) is 0 Å². The highest BCUT2D eigenvalue weighted by Gasteiger charge is 2.09. The van der Waals surface area contributed by atoms with E-state index in [1.165, 1.54) is 77.0 Å². The van der Waals surface area contributed by atoms with Gasteiger partial charge in [-0.05, 0) is 30.7 Å². The van der Waals surface area contributed by atoms with E-state index in [1.807, 2.05) is 0 Å². The first kappa shape index (κ1) is 21.0. The molecule has 0 aliphatic carbocycles. The third kappa shape index (κ3) is 13.4. The fourth-order valence-electron chi connectivity index (χ4n) is 3.13. The lowest BCUT2D eigenvalue weighted by molar-refractivity contribution is 0.340. The van der Waals surface area contributed by atoms with Crippen LogP contribution in [0, 0.1) is 17.8 Å². The molecule has 0 fully saturated rings. The maximum atomic E-state index is 5.52. The van der Waals surface area contributed by atoms with Crippen LogP contribution in [0.5, 0.6) is 0 Å². The summed E-state index contributed by atoms with van der Waals surface area (Å²) in [4.78, 5) is 0. The van der Waals surface area contributed by atoms with Crippen molar-refractivity contribution in [3.05, 3.63) is 0 Å². The highest BCUT2D eigenvalue weighted by atomic mass is 14.5. The summed E-state index contributed by atoms with van der Waals surface area (Å²) in [6.07, 6.45) is 16.8. The predicted octanol–water partition coefficient (Wildman–Crippen LogP) is 6.55. The van der Waals surface area contributed by atoms with E-state index in [0.29, 0.717) is 0 Å². The Morgan fingerprint density at radius 3 is 1.57 bits per heavy atom. The van der Waals surface area contributed by atoms with Gasteiger partial charge in [-0.25, -0.2) is 0 Å². The van der Waals surface area contributed by atoms with E-state index in [9.17, 15) is 0 Å². The van der Waals surface area contributed by atoms with Gasteiger partial charge in [0.2, 0.25) is 0 Å². The lowest BCUT2D eigenvalue weighted by Gasteiger charge is -2.18. The molecule has 0 saturated heterocycles. The van der Waals surface area contributed by atoms with Crippen LogP contribution in [0.1, 0.15) is 105 Å². The Hall–Kier alpha value is -0.0400. The monoisotopic (exact) mass is 297 g/mol. The second-order valence-corrected chi connectivity index (χ2v) is 7.45. The molecular weight excluding hydrogens is 254 g/mol. The van der Waals surface area contributed by atoms with Crippen molar-refractivity contribution < 1.29 is 0 Å². The highest BCUT2D eigenvalue weighted by Crippen LogP contribution is 2.22. The predicted molar refractivity (Wildman–Crippen MR) is 97.6 cm³/mol. The molecule has 0 aromatic carbocycles. The summed E-state index contributed by atoms with van der Waals surface area (Å²) in [5, 5.41) is 0. The first-order chi connectivity index (χ1) is 10.1. The Morgan fingerprint density at radius 2 is 1.10 bits per heavy atom. The minimum Gasteiger partial charge on any atom is -0.330 e. The van der Waals surface area contributed by atoms with Crippen LogP contribution in [-0.4, -0.2) is 6.54 Å². The molecule has 0 spiro atoms. The fourth-order valence-corrected chi connectivity index (χ4v) is 3.13. The third-order valence-electron chi connectivity index (χ3n) is 5.37. The molecule has 0 aliphatic rings. The second kappa shape index (κ2) is 14.9. The smallest absolute Gasteiger partial charge is 0.00773 e. The van der Waals surface area contributed by atoms with Gasteiger partial charge in [-0.2, -0.15) is 0 Å². The van der Waals surface area contributed by atoms with Crippen LogP contribution in [0.4, 0.5) is 0 Å². The van der Waals surface area contributed by atoms with Gasteiger partial charge in [0.25, 0.3) is 0 Å². The van der Waals surface area contributed by atoms with Gasteiger partial charge in [0, 0.05) is 0 Å². The molecule has 0 amide bonds. The Bertz CT molecular complexity index is 202. The molecule has 0 aromatic heterocycles. The number of hydrogen-bond donors (Lipinski definition) is 1. The van der Waals surface area contributed by atoms with Gasteiger partial charge < -0.3 is 5.73 Å². The normalized spacial score (nSPS) is 15.9. The molecule has 0 bridgehead atoms. The number of hydrogen-bond acceptors (Lipinski definition) is 1. The molecule has 0 heterocycles. The second-order valence-electron chi connectivity index (χ2n) is 7.45. The van der Waals surface area contributed by atoms with Crippen molar-refractivity contribution in [3.8, 4) is 0 Å². The van der Waals surface area contributed by atoms with E-state index in [2.05, 4.69) is 27.7 Å². The Labute approximate surface area is 135 Å². The highest BCUT2D eigenvalue weighted by molar-refractivity contribution is 4.61. The largest absolute Gasteiger partial charge is 0.330 e. The quantitative estimate of drug-likeness (QED) is 0.340. The zero-order valence-corrected chi connectivity index (χ0v) is 15.5. The topological polar surface area (TPSA) is 26.0 Å². The van der Waals surface area contributed by atoms with Crippen molar-refractivity contribution in [2.45, 2.75) is 105 Å². The third-order valence-corrected chi connectivity index (χ3v) is 5.37. The molecule has 1 heteroatoms. The molecule has 1 nitrogen and oxygen atoms in total. The van der Waals surface area contributed by atoms with Gasteiger partial charge in [0.05, 0.1) is 0 Å². The minimum absolute atomic E-state index is 0.866. The standard InChI is InChI=1S/C20H43N/c1-5-19(3)20(4)16-12-7-6-10-14-18(2)15-11-8-9-13-17-21/h18-20H,5-17,21H2,1-4H3/t18-,19?,20?/m1/s1. The molecule has 0 saturated carbocycles. The average molecular weight is 298 g/mol. The van der Waals surface area contributed by atoms with Crippen LogP contribution >= 0.6 is 0 Å². The van der Waals surface area contributed by atoms with Gasteiger partial charge in [-0.15, -0.1) is 0 Å². The van der Waals surface area contributed by atoms with Gasteiger partial charge >= 0.3 is 0 Å². The summed E-state index contributed by atoms with van der Waals surface area (Å²) < 4.78 is 0. The van der Waals surface area contributed by atoms with Gasteiger partial charge in [0.1, 0.15) is 0 Å². The van der Waals surface area contributed by atoms with Crippen LogP contribution in [0.3, 0.4) is 0 Å². The van der Waals surface area contributed by atoms with Gasteiger partial charge in [-0.1, -0.05) is 98.3 Å². The molecular formula is C20H43N. The van der Waals surface area contributed by atoms with E-state index in [-0.39, 0.29) is 0 Å². The van der Waals surface area contributed by atoms with E-state index in [1.54, 1.807) is 0 Å². The number of rotatable bonds is 15. The Balaban J connectivity index is 3.30. The summed E-state index contributed by atoms with van der Waals surface area (Å²) in [5.74, 6) is 2.76. The van der Waals surface area contributed by atoms with Crippen LogP contribution in [-0.2, 0) is 0 Å². The van der Waals surface area contributed by atoms with E-state index in [4.69, 9.17) is 5.73 Å². The maximum Gasteiger partial charge on any atom is -0.00773 e. The molecule has 2 unspecified atom stereocenters. The summed E-state index contributed by atoms with van der Waals surface area (Å²) in [5.41, 5.74) is 5.52. The van der Waals surface area contributed by atoms with Crippen LogP contribution in [0.15, 0.2) is 0 Å². The molecule has 21 heavy (non-hydrogen) atoms. The number of nitrogens with two attached hydrogens (primary N) is 1. The molecule has 0 aliphatic heterocycles. The molecule has 3 atom stereocenters. The summed E-state index contributed by atoms with van der Waals surface area (Å²) >= 11 is 0. The van der Waals surface area contributed by atoms with Crippen molar-refractivity contribution in [1.29, 1.82) is 0 Å². The van der Waals surface area contributed by atoms with Crippen LogP contribution < -0.4 is 5.73 Å². The maximum absolute atomic E-state index is 5.52. The Kier molecular flexibility index (Phi) is 14.9. The molecule has 0 radical (unpaired) electrons. The molecule has 2 N–H and O–H groups in total. The summed E-state index contributed by atoms with van der Waals surface area (Å²) in [7, 11) is 0. The molecule has 0 aromatic rings. The van der Waals surface area contributed by atoms with Gasteiger partial charge in [0.15, 0.2) is 0 Å². The van der Waals surface area contributed by atoms with E-state index < -0.39 is 0 Å². The van der Waals surface area contributed by atoms with Gasteiger partial charge in [-0.3, -0.25) is 0 Å². The SMILES string of the molecule is CCC(C)C(C)CCCCCC[C@@H](C)CCCCCCN. The van der Waals surface area contributed by atoms with Crippen molar-refractivity contribution in [3.63, 3.8) is 0 Å². The van der Waals surface area contributed by atoms with Crippen LogP contribution in [0.25, 0.3) is 0 Å². The van der Waals surface area contributed by atoms with Crippen molar-refractivity contribution >= 4 is 0 Å². The summed E-state index contributed by atoms with van der Waals surface area (Å²) in [6, 6.07) is 0. The Morgan fingerprint density at radius 1 is 0.619 bits per heavy atom. The molecule has 128 valence electrons. The average Bonchev–Trinajstić information content (AvgIpc) is 2.49. The summed E-state index contributed by atoms with van der Waals surface area (Å²) in [6.45, 7) is 10.5. The van der Waals surface area contributed by atoms with Crippen molar-refractivity contribution in [2.75, 3.05) is 6.54 Å². The fraction of sp³-hybridized carbons (Fsp3) is 1.00. The van der Waals surface area contributed by atoms with Crippen LogP contribution in [0.2, 0.25) is 0 Å². The number of unbranched alkanes of at least 4 members (excludes halogenated alkanes) is 6. The molecule has 0 rings (SSSR count). The lowest BCUT2D eigenvalue weighted by atomic mass is 9.88. The minimum atomic E-state index is 0.866. The first-order valence-corrected chi connectivity index (χ1v) is 9.81. The zero-order chi connectivity index (χ0) is 15.9. The van der Waals surface area contributed by atoms with Crippen molar-refractivity contribution in [2.24, 2.45) is 23.5 Å². The zero-order valence-electron chi connectivity index (χ0n) is 15.5. The first-order valence-electron chi connectivity index (χ1n) is 9.81. The van der Waals surface area contributed by atoms with E-state index in [0.717, 1.165) is 24.3 Å². The van der Waals surface area contributed by atoms with E-state index >= 15 is 0 Å².